The SMILES string of the molecule is CCC(=O)N1CCC(CCc2ccc(S(=O)(=O)C3(C(=O)NOC)CCN(C)CC3)cc2)CC1. The summed E-state index contributed by atoms with van der Waals surface area (Å²) in [6.07, 6.45) is 4.93. The van der Waals surface area contributed by atoms with Gasteiger partial charge in [-0.2, -0.15) is 0 Å². The largest absolute Gasteiger partial charge is 0.343 e. The molecule has 0 aliphatic carbocycles. The smallest absolute Gasteiger partial charge is 0.265 e. The zero-order chi connectivity index (χ0) is 24.1. The first-order valence-corrected chi connectivity index (χ1v) is 13.3. The predicted octanol–water partition coefficient (Wildman–Crippen LogP) is 2.18. The lowest BCUT2D eigenvalue weighted by Crippen LogP contribution is -2.57. The number of aryl methyl sites for hydroxylation is 1. The Morgan fingerprint density at radius 3 is 2.24 bits per heavy atom. The molecule has 8 nitrogen and oxygen atoms in total. The Bertz CT molecular complexity index is 916. The van der Waals surface area contributed by atoms with E-state index in [1.807, 2.05) is 35.9 Å². The minimum absolute atomic E-state index is 0.174. The summed E-state index contributed by atoms with van der Waals surface area (Å²) in [6.45, 7) is 4.61. The second kappa shape index (κ2) is 11.0. The average molecular weight is 480 g/mol. The van der Waals surface area contributed by atoms with E-state index < -0.39 is 20.5 Å². The number of piperidine rings is 2. The number of hydrogen-bond donors (Lipinski definition) is 1. The molecular formula is C24H37N3O5S. The average Bonchev–Trinajstić information content (AvgIpc) is 2.83. The number of nitrogens with zero attached hydrogens (tertiary/aromatic N) is 2. The number of carbonyl (C=O) groups is 2. The van der Waals surface area contributed by atoms with Gasteiger partial charge in [0.2, 0.25) is 5.91 Å². The van der Waals surface area contributed by atoms with Gasteiger partial charge in [0.1, 0.15) is 0 Å². The molecule has 0 unspecified atom stereocenters. The number of likely N-dealkylation sites (tertiary alicyclic amines) is 2. The highest BCUT2D eigenvalue weighted by Gasteiger charge is 2.52. The predicted molar refractivity (Wildman–Crippen MR) is 126 cm³/mol. The topological polar surface area (TPSA) is 96.0 Å². The Balaban J connectivity index is 1.65. The van der Waals surface area contributed by atoms with E-state index in [1.165, 1.54) is 7.11 Å². The molecule has 2 fully saturated rings. The molecule has 1 N–H and O–H groups in total. The van der Waals surface area contributed by atoms with Gasteiger partial charge in [-0.15, -0.1) is 0 Å². The zero-order valence-electron chi connectivity index (χ0n) is 20.0. The molecule has 0 bridgehead atoms. The highest BCUT2D eigenvalue weighted by molar-refractivity contribution is 7.93. The summed E-state index contributed by atoms with van der Waals surface area (Å²) in [5, 5.41) is 0. The van der Waals surface area contributed by atoms with Crippen molar-refractivity contribution in [2.45, 2.75) is 61.5 Å². The summed E-state index contributed by atoms with van der Waals surface area (Å²) in [5.74, 6) is 0.205. The maximum Gasteiger partial charge on any atom is 0.265 e. The Morgan fingerprint density at radius 2 is 1.70 bits per heavy atom. The Morgan fingerprint density at radius 1 is 1.09 bits per heavy atom. The fourth-order valence-corrected chi connectivity index (χ4v) is 6.86. The molecule has 3 rings (SSSR count). The van der Waals surface area contributed by atoms with E-state index in [1.54, 1.807) is 12.1 Å². The molecule has 33 heavy (non-hydrogen) atoms. The van der Waals surface area contributed by atoms with E-state index in [0.29, 0.717) is 25.4 Å². The Labute approximate surface area is 197 Å². The van der Waals surface area contributed by atoms with Crippen LogP contribution in [0, 0.1) is 5.92 Å². The lowest BCUT2D eigenvalue weighted by atomic mass is 9.90. The molecule has 2 amide bonds. The summed E-state index contributed by atoms with van der Waals surface area (Å²) in [5.41, 5.74) is 3.35. The fraction of sp³-hybridized carbons (Fsp3) is 0.667. The quantitative estimate of drug-likeness (QED) is 0.574. The molecule has 0 radical (unpaired) electrons. The standard InChI is InChI=1S/C24H37N3O5S/c1-4-22(28)27-15-11-20(12-16-27)6-5-19-7-9-21(10-8-19)33(30,31)24(23(29)25-32-3)13-17-26(2)18-14-24/h7-10,20H,4-6,11-18H2,1-3H3,(H,25,29). The molecule has 2 saturated heterocycles. The summed E-state index contributed by atoms with van der Waals surface area (Å²) in [6, 6.07) is 6.99. The lowest BCUT2D eigenvalue weighted by Gasteiger charge is -2.38. The van der Waals surface area contributed by atoms with Crippen LogP contribution in [-0.4, -0.2) is 75.1 Å². The number of benzene rings is 1. The van der Waals surface area contributed by atoms with Gasteiger partial charge in [0.15, 0.2) is 14.6 Å². The number of hydrogen-bond acceptors (Lipinski definition) is 6. The van der Waals surface area contributed by atoms with Gasteiger partial charge < -0.3 is 9.80 Å². The van der Waals surface area contributed by atoms with Gasteiger partial charge in [-0.1, -0.05) is 19.1 Å². The van der Waals surface area contributed by atoms with Crippen LogP contribution in [0.25, 0.3) is 0 Å². The second-order valence-electron chi connectivity index (χ2n) is 9.30. The van der Waals surface area contributed by atoms with Crippen LogP contribution in [0.2, 0.25) is 0 Å². The van der Waals surface area contributed by atoms with Gasteiger partial charge >= 0.3 is 0 Å². The number of amides is 2. The summed E-state index contributed by atoms with van der Waals surface area (Å²) >= 11 is 0. The number of hydroxylamine groups is 1. The van der Waals surface area contributed by atoms with Crippen molar-refractivity contribution < 1.29 is 22.8 Å². The van der Waals surface area contributed by atoms with E-state index in [-0.39, 0.29) is 23.6 Å². The highest BCUT2D eigenvalue weighted by atomic mass is 32.2. The Hall–Kier alpha value is -1.97. The third-order valence-electron chi connectivity index (χ3n) is 7.26. The van der Waals surface area contributed by atoms with E-state index in [4.69, 9.17) is 4.84 Å². The van der Waals surface area contributed by atoms with Crippen molar-refractivity contribution in [3.8, 4) is 0 Å². The van der Waals surface area contributed by atoms with Gasteiger partial charge in [0.05, 0.1) is 12.0 Å². The second-order valence-corrected chi connectivity index (χ2v) is 11.6. The molecular weight excluding hydrogens is 442 g/mol. The van der Waals surface area contributed by atoms with Crippen LogP contribution in [0.1, 0.15) is 51.0 Å². The van der Waals surface area contributed by atoms with Crippen molar-refractivity contribution in [1.29, 1.82) is 0 Å². The first-order valence-electron chi connectivity index (χ1n) is 11.9. The van der Waals surface area contributed by atoms with E-state index in [2.05, 4.69) is 5.48 Å². The highest BCUT2D eigenvalue weighted by Crippen LogP contribution is 2.36. The lowest BCUT2D eigenvalue weighted by molar-refractivity contribution is -0.135. The van der Waals surface area contributed by atoms with Crippen molar-refractivity contribution in [3.63, 3.8) is 0 Å². The van der Waals surface area contributed by atoms with Crippen molar-refractivity contribution in [3.05, 3.63) is 29.8 Å². The van der Waals surface area contributed by atoms with Crippen LogP contribution in [0.4, 0.5) is 0 Å². The van der Waals surface area contributed by atoms with Crippen LogP contribution < -0.4 is 5.48 Å². The summed E-state index contributed by atoms with van der Waals surface area (Å²) < 4.78 is 25.7. The molecule has 2 heterocycles. The molecule has 0 aromatic heterocycles. The molecule has 0 spiro atoms. The third kappa shape index (κ3) is 5.58. The molecule has 2 aliphatic rings. The van der Waals surface area contributed by atoms with Crippen LogP contribution in [-0.2, 0) is 30.7 Å². The minimum atomic E-state index is -3.89. The number of rotatable bonds is 8. The first kappa shape index (κ1) is 25.6. The van der Waals surface area contributed by atoms with E-state index >= 15 is 0 Å². The van der Waals surface area contributed by atoms with Gasteiger partial charge in [0, 0.05) is 19.5 Å². The van der Waals surface area contributed by atoms with Crippen LogP contribution >= 0.6 is 0 Å². The zero-order valence-corrected chi connectivity index (χ0v) is 20.8. The normalized spacial score (nSPS) is 19.9. The molecule has 0 atom stereocenters. The third-order valence-corrected chi connectivity index (χ3v) is 9.78. The van der Waals surface area contributed by atoms with Gasteiger partial charge in [0.25, 0.3) is 5.91 Å². The van der Waals surface area contributed by atoms with Gasteiger partial charge in [-0.3, -0.25) is 14.4 Å². The molecule has 9 heteroatoms. The van der Waals surface area contributed by atoms with Gasteiger partial charge in [-0.05, 0) is 82.3 Å². The number of sulfone groups is 1. The number of carbonyl (C=O) groups excluding carboxylic acids is 2. The summed E-state index contributed by atoms with van der Waals surface area (Å²) in [4.78, 5) is 33.6. The Kier molecular flexibility index (Phi) is 8.53. The molecule has 0 saturated carbocycles. The van der Waals surface area contributed by atoms with Crippen molar-refractivity contribution in [2.24, 2.45) is 5.92 Å². The van der Waals surface area contributed by atoms with Crippen molar-refractivity contribution in [2.75, 3.05) is 40.3 Å². The molecule has 184 valence electrons. The maximum absolute atomic E-state index is 13.6. The van der Waals surface area contributed by atoms with E-state index in [9.17, 15) is 18.0 Å². The van der Waals surface area contributed by atoms with E-state index in [0.717, 1.165) is 44.3 Å². The van der Waals surface area contributed by atoms with Gasteiger partial charge in [-0.25, -0.2) is 13.9 Å². The fourth-order valence-electron chi connectivity index (χ4n) is 4.91. The maximum atomic E-state index is 13.6. The molecule has 2 aliphatic heterocycles. The minimum Gasteiger partial charge on any atom is -0.343 e. The summed E-state index contributed by atoms with van der Waals surface area (Å²) in [7, 11) is -0.659. The van der Waals surface area contributed by atoms with Crippen LogP contribution in [0.5, 0.6) is 0 Å². The van der Waals surface area contributed by atoms with Crippen molar-refractivity contribution in [1.82, 2.24) is 15.3 Å². The monoisotopic (exact) mass is 479 g/mol. The molecule has 1 aromatic rings. The first-order chi connectivity index (χ1) is 15.7. The van der Waals surface area contributed by atoms with Crippen LogP contribution in [0.15, 0.2) is 29.2 Å². The van der Waals surface area contributed by atoms with Crippen LogP contribution in [0.3, 0.4) is 0 Å². The number of nitrogens with one attached hydrogen (secondary N) is 1. The van der Waals surface area contributed by atoms with Crippen molar-refractivity contribution >= 4 is 21.7 Å². The molecule has 1 aromatic carbocycles.